The molecule has 1 N–H and O–H groups in total. The molecule has 1 saturated carbocycles. The van der Waals surface area contributed by atoms with Gasteiger partial charge in [-0.2, -0.15) is 0 Å². The Morgan fingerprint density at radius 2 is 2.16 bits per heavy atom. The van der Waals surface area contributed by atoms with Gasteiger partial charge in [0.25, 0.3) is 0 Å². The number of hydrogen-bond donors (Lipinski definition) is 1. The fourth-order valence-electron chi connectivity index (χ4n) is 2.98. The minimum absolute atomic E-state index is 0.130. The number of hydrogen-bond acceptors (Lipinski definition) is 3. The van der Waals surface area contributed by atoms with Crippen LogP contribution in [0.15, 0.2) is 18.5 Å². The third kappa shape index (κ3) is 3.69. The Bertz CT molecular complexity index is 405. The molecule has 3 unspecified atom stereocenters. The SMILES string of the molecule is CCC1CCC(C(O)c2cncc(OC(C)C)c2)C1. The van der Waals surface area contributed by atoms with Crippen LogP contribution in [0.4, 0.5) is 0 Å². The summed E-state index contributed by atoms with van der Waals surface area (Å²) in [7, 11) is 0. The van der Waals surface area contributed by atoms with E-state index in [1.54, 1.807) is 12.4 Å². The third-order valence-corrected chi connectivity index (χ3v) is 4.05. The largest absolute Gasteiger partial charge is 0.489 e. The number of aliphatic hydroxyl groups is 1. The molecule has 0 bridgehead atoms. The predicted molar refractivity (Wildman–Crippen MR) is 76.1 cm³/mol. The molecule has 106 valence electrons. The average molecular weight is 263 g/mol. The Morgan fingerprint density at radius 1 is 1.37 bits per heavy atom. The summed E-state index contributed by atoms with van der Waals surface area (Å²) in [5.41, 5.74) is 0.889. The van der Waals surface area contributed by atoms with Crippen molar-refractivity contribution in [3.63, 3.8) is 0 Å². The van der Waals surface area contributed by atoms with Gasteiger partial charge in [-0.1, -0.05) is 19.8 Å². The first-order chi connectivity index (χ1) is 9.10. The lowest BCUT2D eigenvalue weighted by Crippen LogP contribution is -2.11. The predicted octanol–water partition coefficient (Wildman–Crippen LogP) is 3.73. The van der Waals surface area contributed by atoms with Crippen molar-refractivity contribution >= 4 is 0 Å². The molecule has 1 aromatic heterocycles. The second-order valence-electron chi connectivity index (χ2n) is 5.91. The summed E-state index contributed by atoms with van der Waals surface area (Å²) in [4.78, 5) is 4.18. The standard InChI is InChI=1S/C16H25NO2/c1-4-12-5-6-13(7-12)16(18)14-8-15(10-17-9-14)19-11(2)3/h8-13,16,18H,4-7H2,1-3H3. The number of rotatable bonds is 5. The van der Waals surface area contributed by atoms with Crippen LogP contribution in [0.25, 0.3) is 0 Å². The van der Waals surface area contributed by atoms with Gasteiger partial charge in [0.15, 0.2) is 0 Å². The lowest BCUT2D eigenvalue weighted by molar-refractivity contribution is 0.108. The lowest BCUT2D eigenvalue weighted by Gasteiger charge is -2.19. The van der Waals surface area contributed by atoms with E-state index in [4.69, 9.17) is 4.74 Å². The number of aliphatic hydroxyl groups excluding tert-OH is 1. The van der Waals surface area contributed by atoms with Crippen LogP contribution in [-0.4, -0.2) is 16.2 Å². The van der Waals surface area contributed by atoms with E-state index in [1.807, 2.05) is 19.9 Å². The maximum absolute atomic E-state index is 10.5. The summed E-state index contributed by atoms with van der Waals surface area (Å²) >= 11 is 0. The molecule has 1 aliphatic carbocycles. The van der Waals surface area contributed by atoms with Gasteiger partial charge in [0.1, 0.15) is 5.75 Å². The molecule has 2 rings (SSSR count). The molecule has 1 fully saturated rings. The van der Waals surface area contributed by atoms with Crippen LogP contribution in [0.5, 0.6) is 5.75 Å². The quantitative estimate of drug-likeness (QED) is 0.880. The summed E-state index contributed by atoms with van der Waals surface area (Å²) in [6.45, 7) is 6.22. The molecule has 0 aliphatic heterocycles. The van der Waals surface area contributed by atoms with Crippen molar-refractivity contribution in [2.75, 3.05) is 0 Å². The Balaban J connectivity index is 2.04. The van der Waals surface area contributed by atoms with Gasteiger partial charge < -0.3 is 9.84 Å². The molecule has 19 heavy (non-hydrogen) atoms. The Hall–Kier alpha value is -1.09. The van der Waals surface area contributed by atoms with Gasteiger partial charge in [0.2, 0.25) is 0 Å². The topological polar surface area (TPSA) is 42.4 Å². The highest BCUT2D eigenvalue weighted by Crippen LogP contribution is 2.40. The van der Waals surface area contributed by atoms with Gasteiger partial charge in [-0.25, -0.2) is 0 Å². The van der Waals surface area contributed by atoms with E-state index in [0.717, 1.165) is 30.1 Å². The van der Waals surface area contributed by atoms with Crippen molar-refractivity contribution in [1.29, 1.82) is 0 Å². The zero-order chi connectivity index (χ0) is 13.8. The Kier molecular flexibility index (Phi) is 4.81. The molecule has 0 spiro atoms. The second-order valence-corrected chi connectivity index (χ2v) is 5.91. The molecule has 3 nitrogen and oxygen atoms in total. The van der Waals surface area contributed by atoms with Crippen molar-refractivity contribution in [1.82, 2.24) is 4.98 Å². The third-order valence-electron chi connectivity index (χ3n) is 4.05. The van der Waals surface area contributed by atoms with E-state index in [2.05, 4.69) is 11.9 Å². The smallest absolute Gasteiger partial charge is 0.138 e. The molecule has 1 aromatic rings. The molecule has 3 atom stereocenters. The molecule has 1 aliphatic rings. The minimum atomic E-state index is -0.403. The van der Waals surface area contributed by atoms with Crippen molar-refractivity contribution < 1.29 is 9.84 Å². The number of ether oxygens (including phenoxy) is 1. The fourth-order valence-corrected chi connectivity index (χ4v) is 2.98. The van der Waals surface area contributed by atoms with E-state index in [9.17, 15) is 5.11 Å². The lowest BCUT2D eigenvalue weighted by atomic mass is 9.94. The first kappa shape index (κ1) is 14.3. The summed E-state index contributed by atoms with van der Waals surface area (Å²) in [6.07, 6.45) is 7.91. The zero-order valence-electron chi connectivity index (χ0n) is 12.2. The molecule has 1 heterocycles. The summed E-state index contributed by atoms with van der Waals surface area (Å²) < 4.78 is 5.64. The van der Waals surface area contributed by atoms with E-state index >= 15 is 0 Å². The molecular weight excluding hydrogens is 238 g/mol. The van der Waals surface area contributed by atoms with Crippen LogP contribution >= 0.6 is 0 Å². The summed E-state index contributed by atoms with van der Waals surface area (Å²) in [5.74, 6) is 1.90. The molecule has 0 radical (unpaired) electrons. The first-order valence-corrected chi connectivity index (χ1v) is 7.39. The van der Waals surface area contributed by atoms with E-state index in [0.29, 0.717) is 5.92 Å². The van der Waals surface area contributed by atoms with Crippen LogP contribution < -0.4 is 4.74 Å². The van der Waals surface area contributed by atoms with Crippen LogP contribution in [0.1, 0.15) is 58.1 Å². The van der Waals surface area contributed by atoms with Crippen molar-refractivity contribution in [3.8, 4) is 5.75 Å². The van der Waals surface area contributed by atoms with Crippen molar-refractivity contribution in [3.05, 3.63) is 24.0 Å². The second kappa shape index (κ2) is 6.38. The van der Waals surface area contributed by atoms with Gasteiger partial charge in [-0.3, -0.25) is 4.98 Å². The number of nitrogens with zero attached hydrogens (tertiary/aromatic N) is 1. The van der Waals surface area contributed by atoms with Crippen molar-refractivity contribution in [2.45, 2.75) is 58.7 Å². The van der Waals surface area contributed by atoms with Crippen LogP contribution in [0.3, 0.4) is 0 Å². The van der Waals surface area contributed by atoms with E-state index in [1.165, 1.54) is 12.8 Å². The first-order valence-electron chi connectivity index (χ1n) is 7.39. The Labute approximate surface area is 116 Å². The fraction of sp³-hybridized carbons (Fsp3) is 0.688. The maximum atomic E-state index is 10.5. The normalized spacial score (nSPS) is 24.7. The molecule has 0 saturated heterocycles. The van der Waals surface area contributed by atoms with Gasteiger partial charge in [0, 0.05) is 11.8 Å². The molecule has 0 amide bonds. The summed E-state index contributed by atoms with van der Waals surface area (Å²) in [6, 6.07) is 1.93. The van der Waals surface area contributed by atoms with Crippen LogP contribution in [0.2, 0.25) is 0 Å². The van der Waals surface area contributed by atoms with E-state index < -0.39 is 6.10 Å². The minimum Gasteiger partial charge on any atom is -0.489 e. The number of pyridine rings is 1. The highest BCUT2D eigenvalue weighted by Gasteiger charge is 2.30. The average Bonchev–Trinajstić information content (AvgIpc) is 2.86. The number of aromatic nitrogens is 1. The van der Waals surface area contributed by atoms with Gasteiger partial charge in [0.05, 0.1) is 18.4 Å². The molecular formula is C16H25NO2. The monoisotopic (exact) mass is 263 g/mol. The van der Waals surface area contributed by atoms with Crippen molar-refractivity contribution in [2.24, 2.45) is 11.8 Å². The summed E-state index contributed by atoms with van der Waals surface area (Å²) in [5, 5.41) is 10.5. The van der Waals surface area contributed by atoms with Crippen LogP contribution in [-0.2, 0) is 0 Å². The Morgan fingerprint density at radius 3 is 2.79 bits per heavy atom. The highest BCUT2D eigenvalue weighted by atomic mass is 16.5. The molecule has 0 aromatic carbocycles. The van der Waals surface area contributed by atoms with Crippen LogP contribution in [0, 0.1) is 11.8 Å². The maximum Gasteiger partial charge on any atom is 0.138 e. The van der Waals surface area contributed by atoms with E-state index in [-0.39, 0.29) is 6.10 Å². The van der Waals surface area contributed by atoms with Gasteiger partial charge in [-0.15, -0.1) is 0 Å². The zero-order valence-corrected chi connectivity index (χ0v) is 12.2. The highest BCUT2D eigenvalue weighted by molar-refractivity contribution is 5.25. The van der Waals surface area contributed by atoms with Gasteiger partial charge >= 0.3 is 0 Å². The van der Waals surface area contributed by atoms with Gasteiger partial charge in [-0.05, 0) is 44.6 Å². The molecule has 3 heteroatoms.